The number of halogens is 1. The number of rotatable bonds is 6. The smallest absolute Gasteiger partial charge is 0.323 e. The molecule has 1 saturated carbocycles. The normalized spacial score (nSPS) is 19.1. The summed E-state index contributed by atoms with van der Waals surface area (Å²) in [6, 6.07) is -0.136. The Morgan fingerprint density at radius 2 is 2.20 bits per heavy atom. The summed E-state index contributed by atoms with van der Waals surface area (Å²) in [6.07, 6.45) is 6.49. The Labute approximate surface area is 100 Å². The highest BCUT2D eigenvalue weighted by atomic mass is 79.9. The van der Waals surface area contributed by atoms with Gasteiger partial charge in [-0.25, -0.2) is 0 Å². The standard InChI is InChI=1S/C11H20BrNO2/c1-13-10(7-4-8-12)11(14)15-9-5-2-3-6-9/h9-10,13H,2-8H2,1H3/t10-/m0/s1. The van der Waals surface area contributed by atoms with Crippen LogP contribution < -0.4 is 5.32 Å². The first-order valence-corrected chi connectivity index (χ1v) is 6.83. The molecule has 1 fully saturated rings. The zero-order chi connectivity index (χ0) is 11.1. The first-order valence-electron chi connectivity index (χ1n) is 5.71. The van der Waals surface area contributed by atoms with Crippen LogP contribution in [0, 0.1) is 0 Å². The molecule has 1 N–H and O–H groups in total. The van der Waals surface area contributed by atoms with Gasteiger partial charge in [-0.3, -0.25) is 4.79 Å². The molecule has 0 heterocycles. The predicted octanol–water partition coefficient (Wildman–Crippen LogP) is 2.24. The summed E-state index contributed by atoms with van der Waals surface area (Å²) in [5, 5.41) is 3.95. The van der Waals surface area contributed by atoms with Gasteiger partial charge < -0.3 is 10.1 Å². The summed E-state index contributed by atoms with van der Waals surface area (Å²) in [5.74, 6) is -0.0784. The fourth-order valence-corrected chi connectivity index (χ4v) is 2.24. The second kappa shape index (κ2) is 7.23. The molecule has 4 heteroatoms. The minimum atomic E-state index is -0.136. The topological polar surface area (TPSA) is 38.3 Å². The Morgan fingerprint density at radius 3 is 2.73 bits per heavy atom. The van der Waals surface area contributed by atoms with Crippen LogP contribution in [0.25, 0.3) is 0 Å². The summed E-state index contributed by atoms with van der Waals surface area (Å²) < 4.78 is 5.44. The minimum absolute atomic E-state index is 0.0784. The molecule has 1 aliphatic rings. The minimum Gasteiger partial charge on any atom is -0.461 e. The van der Waals surface area contributed by atoms with Crippen LogP contribution in [0.1, 0.15) is 38.5 Å². The van der Waals surface area contributed by atoms with Gasteiger partial charge in [-0.05, 0) is 45.6 Å². The summed E-state index contributed by atoms with van der Waals surface area (Å²) in [7, 11) is 1.81. The number of esters is 1. The van der Waals surface area contributed by atoms with Crippen LogP contribution >= 0.6 is 15.9 Å². The van der Waals surface area contributed by atoms with Gasteiger partial charge >= 0.3 is 5.97 Å². The second-order valence-corrected chi connectivity index (χ2v) is 4.81. The van der Waals surface area contributed by atoms with Gasteiger partial charge in [0.2, 0.25) is 0 Å². The monoisotopic (exact) mass is 277 g/mol. The van der Waals surface area contributed by atoms with E-state index in [1.807, 2.05) is 7.05 Å². The van der Waals surface area contributed by atoms with Gasteiger partial charge in [0.25, 0.3) is 0 Å². The van der Waals surface area contributed by atoms with Crippen molar-refractivity contribution in [1.29, 1.82) is 0 Å². The van der Waals surface area contributed by atoms with Gasteiger partial charge in [0.15, 0.2) is 0 Å². The van der Waals surface area contributed by atoms with E-state index in [0.717, 1.165) is 31.0 Å². The van der Waals surface area contributed by atoms with Crippen LogP contribution in [-0.4, -0.2) is 30.5 Å². The lowest BCUT2D eigenvalue weighted by Crippen LogP contribution is -2.37. The maximum absolute atomic E-state index is 11.7. The third kappa shape index (κ3) is 4.51. The lowest BCUT2D eigenvalue weighted by Gasteiger charge is -2.18. The van der Waals surface area contributed by atoms with E-state index in [1.165, 1.54) is 12.8 Å². The van der Waals surface area contributed by atoms with E-state index in [4.69, 9.17) is 4.74 Å². The van der Waals surface area contributed by atoms with E-state index in [2.05, 4.69) is 21.2 Å². The van der Waals surface area contributed by atoms with E-state index in [1.54, 1.807) is 0 Å². The molecule has 0 aromatic carbocycles. The molecular weight excluding hydrogens is 258 g/mol. The van der Waals surface area contributed by atoms with Crippen LogP contribution in [0.2, 0.25) is 0 Å². The maximum atomic E-state index is 11.7. The first kappa shape index (κ1) is 13.0. The molecular formula is C11H20BrNO2. The molecule has 0 amide bonds. The van der Waals surface area contributed by atoms with E-state index in [9.17, 15) is 4.79 Å². The van der Waals surface area contributed by atoms with Gasteiger partial charge in [-0.1, -0.05) is 15.9 Å². The average Bonchev–Trinajstić information content (AvgIpc) is 2.71. The van der Waals surface area contributed by atoms with E-state index in [-0.39, 0.29) is 18.1 Å². The van der Waals surface area contributed by atoms with Crippen LogP contribution in [-0.2, 0) is 9.53 Å². The fourth-order valence-electron chi connectivity index (χ4n) is 1.91. The number of ether oxygens (including phenoxy) is 1. The Kier molecular flexibility index (Phi) is 6.25. The van der Waals surface area contributed by atoms with E-state index in [0.29, 0.717) is 0 Å². The Hall–Kier alpha value is -0.0900. The molecule has 0 radical (unpaired) electrons. The Morgan fingerprint density at radius 1 is 1.53 bits per heavy atom. The average molecular weight is 278 g/mol. The SMILES string of the molecule is CN[C@@H](CCCBr)C(=O)OC1CCCC1. The number of likely N-dealkylation sites (N-methyl/N-ethyl adjacent to an activating group) is 1. The zero-order valence-electron chi connectivity index (χ0n) is 9.30. The molecule has 1 atom stereocenters. The highest BCUT2D eigenvalue weighted by Crippen LogP contribution is 2.21. The Balaban J connectivity index is 2.28. The molecule has 0 aromatic rings. The van der Waals surface area contributed by atoms with Crippen molar-refractivity contribution in [1.82, 2.24) is 5.32 Å². The molecule has 0 bridgehead atoms. The number of carbonyl (C=O) groups is 1. The number of hydrogen-bond donors (Lipinski definition) is 1. The molecule has 0 unspecified atom stereocenters. The van der Waals surface area contributed by atoms with Crippen LogP contribution in [0.4, 0.5) is 0 Å². The molecule has 0 saturated heterocycles. The van der Waals surface area contributed by atoms with Crippen molar-refractivity contribution in [3.05, 3.63) is 0 Å². The third-order valence-corrected chi connectivity index (χ3v) is 3.41. The quantitative estimate of drug-likeness (QED) is 0.598. The van der Waals surface area contributed by atoms with E-state index >= 15 is 0 Å². The summed E-state index contributed by atoms with van der Waals surface area (Å²) in [6.45, 7) is 0. The van der Waals surface area contributed by atoms with Gasteiger partial charge in [0, 0.05) is 5.33 Å². The molecule has 0 aliphatic heterocycles. The van der Waals surface area contributed by atoms with Gasteiger partial charge in [0.05, 0.1) is 0 Å². The zero-order valence-corrected chi connectivity index (χ0v) is 10.9. The van der Waals surface area contributed by atoms with E-state index < -0.39 is 0 Å². The van der Waals surface area contributed by atoms with Crippen molar-refractivity contribution in [2.45, 2.75) is 50.7 Å². The Bertz CT molecular complexity index is 193. The molecule has 1 rings (SSSR count). The molecule has 3 nitrogen and oxygen atoms in total. The third-order valence-electron chi connectivity index (χ3n) is 2.84. The second-order valence-electron chi connectivity index (χ2n) is 4.02. The highest BCUT2D eigenvalue weighted by molar-refractivity contribution is 9.09. The molecule has 0 aromatic heterocycles. The molecule has 15 heavy (non-hydrogen) atoms. The molecule has 0 spiro atoms. The van der Waals surface area contributed by atoms with Gasteiger partial charge in [0.1, 0.15) is 12.1 Å². The van der Waals surface area contributed by atoms with Crippen molar-refractivity contribution >= 4 is 21.9 Å². The molecule has 88 valence electrons. The van der Waals surface area contributed by atoms with Crippen LogP contribution in [0.3, 0.4) is 0 Å². The highest BCUT2D eigenvalue weighted by Gasteiger charge is 2.23. The van der Waals surface area contributed by atoms with Crippen molar-refractivity contribution in [3.63, 3.8) is 0 Å². The molecule has 1 aliphatic carbocycles. The van der Waals surface area contributed by atoms with Gasteiger partial charge in [-0.2, -0.15) is 0 Å². The lowest BCUT2D eigenvalue weighted by molar-refractivity contribution is -0.151. The summed E-state index contributed by atoms with van der Waals surface area (Å²) >= 11 is 3.36. The van der Waals surface area contributed by atoms with Crippen molar-refractivity contribution in [3.8, 4) is 0 Å². The number of alkyl halides is 1. The summed E-state index contributed by atoms with van der Waals surface area (Å²) in [4.78, 5) is 11.7. The summed E-state index contributed by atoms with van der Waals surface area (Å²) in [5.41, 5.74) is 0. The lowest BCUT2D eigenvalue weighted by atomic mass is 10.2. The number of nitrogens with one attached hydrogen (secondary N) is 1. The van der Waals surface area contributed by atoms with Crippen LogP contribution in [0.5, 0.6) is 0 Å². The van der Waals surface area contributed by atoms with Crippen LogP contribution in [0.15, 0.2) is 0 Å². The van der Waals surface area contributed by atoms with Crippen molar-refractivity contribution in [2.75, 3.05) is 12.4 Å². The number of hydrogen-bond acceptors (Lipinski definition) is 3. The number of carbonyl (C=O) groups excluding carboxylic acids is 1. The fraction of sp³-hybridized carbons (Fsp3) is 0.909. The largest absolute Gasteiger partial charge is 0.461 e. The first-order chi connectivity index (χ1) is 7.27. The predicted molar refractivity (Wildman–Crippen MR) is 64.2 cm³/mol. The van der Waals surface area contributed by atoms with Gasteiger partial charge in [-0.15, -0.1) is 0 Å². The van der Waals surface area contributed by atoms with Crippen molar-refractivity contribution < 1.29 is 9.53 Å². The maximum Gasteiger partial charge on any atom is 0.323 e. The van der Waals surface area contributed by atoms with Crippen molar-refractivity contribution in [2.24, 2.45) is 0 Å².